The van der Waals surface area contributed by atoms with E-state index >= 15 is 0 Å². The largest absolute Gasteiger partial charge is 0.496 e. The van der Waals surface area contributed by atoms with Crippen molar-refractivity contribution in [3.63, 3.8) is 0 Å². The first-order chi connectivity index (χ1) is 22.2. The third kappa shape index (κ3) is 7.39. The maximum absolute atomic E-state index is 12.9. The van der Waals surface area contributed by atoms with Gasteiger partial charge in [0.05, 0.1) is 35.1 Å². The fourth-order valence-electron chi connectivity index (χ4n) is 5.26. The van der Waals surface area contributed by atoms with Crippen LogP contribution in [0.2, 0.25) is 10.0 Å². The molecule has 1 saturated heterocycles. The van der Waals surface area contributed by atoms with E-state index in [-0.39, 0.29) is 30.7 Å². The van der Waals surface area contributed by atoms with Crippen LogP contribution in [-0.4, -0.2) is 64.6 Å². The smallest absolute Gasteiger partial charge is 0.407 e. The molecule has 1 unspecified atom stereocenters. The van der Waals surface area contributed by atoms with Gasteiger partial charge in [0, 0.05) is 60.2 Å². The molecule has 0 aliphatic carbocycles. The second kappa shape index (κ2) is 14.6. The molecule has 3 heterocycles. The molecule has 11 nitrogen and oxygen atoms in total. The van der Waals surface area contributed by atoms with E-state index < -0.39 is 12.0 Å². The molecule has 13 heteroatoms. The number of amides is 3. The highest BCUT2D eigenvalue weighted by Gasteiger charge is 2.26. The zero-order chi connectivity index (χ0) is 32.8. The molecule has 5 rings (SSSR count). The highest BCUT2D eigenvalue weighted by Crippen LogP contribution is 2.41. The van der Waals surface area contributed by atoms with Gasteiger partial charge in [-0.2, -0.15) is 0 Å². The number of aromatic nitrogens is 2. The lowest BCUT2D eigenvalue weighted by Gasteiger charge is -2.24. The van der Waals surface area contributed by atoms with Gasteiger partial charge >= 0.3 is 6.09 Å². The molecule has 1 aliphatic heterocycles. The van der Waals surface area contributed by atoms with Crippen molar-refractivity contribution >= 4 is 46.8 Å². The molecule has 1 atom stereocenters. The molecule has 0 bridgehead atoms. The average Bonchev–Trinajstić information content (AvgIpc) is 3.47. The van der Waals surface area contributed by atoms with Crippen LogP contribution in [0.1, 0.15) is 34.5 Å². The van der Waals surface area contributed by atoms with Gasteiger partial charge in [0.1, 0.15) is 11.4 Å². The fourth-order valence-corrected chi connectivity index (χ4v) is 5.86. The van der Waals surface area contributed by atoms with Crippen molar-refractivity contribution in [1.82, 2.24) is 25.5 Å². The number of carbonyl (C=O) groups excluding carboxylic acids is 2. The van der Waals surface area contributed by atoms with E-state index in [1.54, 1.807) is 60.9 Å². The van der Waals surface area contributed by atoms with Gasteiger partial charge in [0.15, 0.2) is 0 Å². The Labute approximate surface area is 275 Å². The molecule has 238 valence electrons. The van der Waals surface area contributed by atoms with E-state index in [4.69, 9.17) is 27.9 Å². The van der Waals surface area contributed by atoms with Gasteiger partial charge in [0.25, 0.3) is 5.91 Å². The van der Waals surface area contributed by atoms with Gasteiger partial charge in [-0.3, -0.25) is 19.6 Å². The number of rotatable bonds is 11. The molecule has 46 heavy (non-hydrogen) atoms. The number of ether oxygens (including phenoxy) is 1. The van der Waals surface area contributed by atoms with Crippen molar-refractivity contribution < 1.29 is 24.2 Å². The number of nitrogens with zero attached hydrogens (tertiary/aromatic N) is 3. The Morgan fingerprint density at radius 1 is 1.09 bits per heavy atom. The van der Waals surface area contributed by atoms with Gasteiger partial charge in [-0.1, -0.05) is 53.5 Å². The van der Waals surface area contributed by atoms with E-state index in [0.29, 0.717) is 68.8 Å². The summed E-state index contributed by atoms with van der Waals surface area (Å²) in [5.74, 6) is -0.0267. The summed E-state index contributed by atoms with van der Waals surface area (Å²) >= 11 is 13.7. The number of halogens is 2. The number of anilines is 1. The molecule has 0 spiro atoms. The number of methoxy groups -OCH3 is 1. The van der Waals surface area contributed by atoms with Gasteiger partial charge < -0.3 is 30.7 Å². The number of hydrogen-bond donors (Lipinski definition) is 4. The van der Waals surface area contributed by atoms with E-state index in [0.717, 1.165) is 5.56 Å². The summed E-state index contributed by atoms with van der Waals surface area (Å²) in [6, 6.07) is 15.5. The van der Waals surface area contributed by atoms with Gasteiger partial charge in [-0.15, -0.1) is 0 Å². The molecule has 0 saturated carbocycles. The highest BCUT2D eigenvalue weighted by molar-refractivity contribution is 6.39. The lowest BCUT2D eigenvalue weighted by molar-refractivity contribution is -0.119. The zero-order valence-corrected chi connectivity index (χ0v) is 26.7. The topological polar surface area (TPSA) is 146 Å². The second-order valence-corrected chi connectivity index (χ2v) is 11.5. The Morgan fingerprint density at radius 3 is 2.57 bits per heavy atom. The standard InChI is InChI=1S/C33H32Cl2N6O5/c1-36-15-19-6-10-26(38-16-19)32(43)40-25-5-3-4-23(29(25)34)24-12-13-37-31(30(24)35)20-7-8-21(27(14-20)46-2)17-41(33(44)45)18-22-9-11-28(42)39-22/h3-8,10,12-14,16,22,36H,9,11,15,17-18H2,1-2H3,(H,39,42)(H,40,43)(H,44,45). The van der Waals surface area contributed by atoms with Crippen LogP contribution in [0.4, 0.5) is 10.5 Å². The van der Waals surface area contributed by atoms with E-state index in [2.05, 4.69) is 25.9 Å². The predicted molar refractivity (Wildman–Crippen MR) is 176 cm³/mol. The predicted octanol–water partition coefficient (Wildman–Crippen LogP) is 5.86. The lowest BCUT2D eigenvalue weighted by Crippen LogP contribution is -2.41. The summed E-state index contributed by atoms with van der Waals surface area (Å²) in [4.78, 5) is 46.5. The third-order valence-corrected chi connectivity index (χ3v) is 8.37. The van der Waals surface area contributed by atoms with Crippen LogP contribution in [0.5, 0.6) is 5.75 Å². The van der Waals surface area contributed by atoms with E-state index in [9.17, 15) is 19.5 Å². The van der Waals surface area contributed by atoms with E-state index in [1.165, 1.54) is 12.0 Å². The van der Waals surface area contributed by atoms with Crippen LogP contribution in [0, 0.1) is 0 Å². The van der Waals surface area contributed by atoms with Crippen LogP contribution in [0.15, 0.2) is 67.0 Å². The van der Waals surface area contributed by atoms with Crippen molar-refractivity contribution in [3.05, 3.63) is 93.9 Å². The third-order valence-electron chi connectivity index (χ3n) is 7.58. The minimum absolute atomic E-state index is 0.0656. The Balaban J connectivity index is 1.38. The number of carboxylic acid groups (broad SMARTS) is 1. The van der Waals surface area contributed by atoms with Crippen LogP contribution in [-0.2, 0) is 17.9 Å². The Morgan fingerprint density at radius 2 is 1.89 bits per heavy atom. The maximum atomic E-state index is 12.9. The summed E-state index contributed by atoms with van der Waals surface area (Å²) in [6.45, 7) is 0.872. The summed E-state index contributed by atoms with van der Waals surface area (Å²) in [5.41, 5.74) is 4.53. The molecule has 0 radical (unpaired) electrons. The number of carbonyl (C=O) groups is 3. The molecule has 2 aromatic heterocycles. The normalized spacial score (nSPS) is 14.1. The summed E-state index contributed by atoms with van der Waals surface area (Å²) in [7, 11) is 3.34. The van der Waals surface area contributed by atoms with Crippen LogP contribution >= 0.6 is 23.2 Å². The van der Waals surface area contributed by atoms with Crippen molar-refractivity contribution in [2.45, 2.75) is 32.0 Å². The molecular weight excluding hydrogens is 631 g/mol. The van der Waals surface area contributed by atoms with Gasteiger partial charge in [-0.05, 0) is 43.3 Å². The molecular formula is C33H32Cl2N6O5. The van der Waals surface area contributed by atoms with Crippen LogP contribution in [0.3, 0.4) is 0 Å². The zero-order valence-electron chi connectivity index (χ0n) is 25.1. The first-order valence-electron chi connectivity index (χ1n) is 14.5. The molecule has 4 N–H and O–H groups in total. The maximum Gasteiger partial charge on any atom is 0.407 e. The number of nitrogens with one attached hydrogen (secondary N) is 3. The molecule has 2 aromatic carbocycles. The van der Waals surface area contributed by atoms with Gasteiger partial charge in [-0.25, -0.2) is 4.79 Å². The summed E-state index contributed by atoms with van der Waals surface area (Å²) in [6.07, 6.45) is 3.12. The number of benzene rings is 2. The Kier molecular flexibility index (Phi) is 10.4. The minimum atomic E-state index is -1.10. The van der Waals surface area contributed by atoms with Crippen molar-refractivity contribution in [2.24, 2.45) is 0 Å². The molecule has 1 aliphatic rings. The van der Waals surface area contributed by atoms with Crippen LogP contribution in [0.25, 0.3) is 22.4 Å². The first-order valence-corrected chi connectivity index (χ1v) is 15.2. The average molecular weight is 664 g/mol. The van der Waals surface area contributed by atoms with Crippen LogP contribution < -0.4 is 20.7 Å². The molecule has 3 amide bonds. The van der Waals surface area contributed by atoms with Crippen molar-refractivity contribution in [1.29, 1.82) is 0 Å². The molecule has 1 fully saturated rings. The lowest BCUT2D eigenvalue weighted by atomic mass is 10.0. The summed E-state index contributed by atoms with van der Waals surface area (Å²) in [5, 5.41) is 19.1. The van der Waals surface area contributed by atoms with E-state index in [1.807, 2.05) is 13.1 Å². The van der Waals surface area contributed by atoms with Crippen molar-refractivity contribution in [2.75, 3.05) is 26.0 Å². The summed E-state index contributed by atoms with van der Waals surface area (Å²) < 4.78 is 5.63. The van der Waals surface area contributed by atoms with Gasteiger partial charge in [0.2, 0.25) is 5.91 Å². The Bertz CT molecular complexity index is 1770. The Hall–Kier alpha value is -4.71. The van der Waals surface area contributed by atoms with Crippen molar-refractivity contribution in [3.8, 4) is 28.1 Å². The highest BCUT2D eigenvalue weighted by atomic mass is 35.5. The fraction of sp³-hybridized carbons (Fsp3) is 0.242. The molecule has 4 aromatic rings. The monoisotopic (exact) mass is 662 g/mol. The first kappa shape index (κ1) is 32.7. The number of hydrogen-bond acceptors (Lipinski definition) is 7. The minimum Gasteiger partial charge on any atom is -0.496 e. The number of pyridine rings is 2. The quantitative estimate of drug-likeness (QED) is 0.156. The second-order valence-electron chi connectivity index (χ2n) is 10.7. The SMILES string of the molecule is CNCc1ccc(C(=O)Nc2cccc(-c3ccnc(-c4ccc(CN(CC5CCC(=O)N5)C(=O)O)c(OC)c4)c3Cl)c2Cl)nc1.